The molecular weight excluding hydrogens is 130 g/mol. The maximum absolute atomic E-state index is 5.64. The lowest BCUT2D eigenvalue weighted by atomic mass is 10.3. The van der Waals surface area contributed by atoms with Crippen molar-refractivity contribution in [2.75, 3.05) is 0 Å². The highest BCUT2D eigenvalue weighted by atomic mass is 32.1. The fourth-order valence-electron chi connectivity index (χ4n) is 0.698. The number of hydrogen-bond acceptors (Lipinski definition) is 2. The van der Waals surface area contributed by atoms with E-state index >= 15 is 0 Å². The molecule has 0 aliphatic rings. The molecule has 1 heterocycles. The second-order valence-electron chi connectivity index (χ2n) is 2.24. The minimum absolute atomic E-state index is 0.198. The van der Waals surface area contributed by atoms with Crippen molar-refractivity contribution in [2.45, 2.75) is 19.9 Å². The lowest BCUT2D eigenvalue weighted by molar-refractivity contribution is 0.838. The van der Waals surface area contributed by atoms with Gasteiger partial charge in [-0.3, -0.25) is 0 Å². The molecule has 0 aromatic carbocycles. The second kappa shape index (κ2) is 2.50. The third-order valence-corrected chi connectivity index (χ3v) is 2.41. The summed E-state index contributed by atoms with van der Waals surface area (Å²) in [5.74, 6) is 0. The molecule has 1 aromatic rings. The molecule has 0 bridgehead atoms. The molecule has 1 rings (SSSR count). The minimum Gasteiger partial charge on any atom is -0.324 e. The first kappa shape index (κ1) is 6.78. The summed E-state index contributed by atoms with van der Waals surface area (Å²) in [5, 5.41) is 0. The molecule has 2 heteroatoms. The van der Waals surface area contributed by atoms with E-state index in [1.54, 1.807) is 11.3 Å². The predicted molar refractivity (Wildman–Crippen MR) is 41.7 cm³/mol. The topological polar surface area (TPSA) is 26.0 Å². The van der Waals surface area contributed by atoms with Gasteiger partial charge in [0.1, 0.15) is 0 Å². The van der Waals surface area contributed by atoms with Gasteiger partial charge in [0, 0.05) is 15.8 Å². The van der Waals surface area contributed by atoms with E-state index in [1.807, 2.05) is 6.92 Å². The Morgan fingerprint density at radius 3 is 2.44 bits per heavy atom. The van der Waals surface area contributed by atoms with Crippen LogP contribution >= 0.6 is 11.3 Å². The number of aryl methyl sites for hydroxylation is 1. The van der Waals surface area contributed by atoms with Crippen LogP contribution in [0.25, 0.3) is 0 Å². The zero-order valence-corrected chi connectivity index (χ0v) is 6.53. The monoisotopic (exact) mass is 141 g/mol. The molecule has 0 aliphatic heterocycles. The van der Waals surface area contributed by atoms with E-state index in [1.165, 1.54) is 9.75 Å². The van der Waals surface area contributed by atoms with E-state index in [9.17, 15) is 0 Å². The van der Waals surface area contributed by atoms with E-state index in [4.69, 9.17) is 5.73 Å². The molecule has 0 saturated heterocycles. The Morgan fingerprint density at radius 2 is 2.22 bits per heavy atom. The minimum atomic E-state index is 0.198. The van der Waals surface area contributed by atoms with Crippen LogP contribution in [0, 0.1) is 6.92 Å². The van der Waals surface area contributed by atoms with Crippen LogP contribution in [0.2, 0.25) is 0 Å². The fraction of sp³-hybridized carbons (Fsp3) is 0.429. The molecule has 1 aromatic heterocycles. The third-order valence-electron chi connectivity index (χ3n) is 1.21. The van der Waals surface area contributed by atoms with Gasteiger partial charge >= 0.3 is 0 Å². The number of thiophene rings is 1. The van der Waals surface area contributed by atoms with Gasteiger partial charge in [0.2, 0.25) is 0 Å². The zero-order chi connectivity index (χ0) is 6.85. The van der Waals surface area contributed by atoms with Crippen molar-refractivity contribution in [2.24, 2.45) is 5.73 Å². The highest BCUT2D eigenvalue weighted by molar-refractivity contribution is 7.12. The van der Waals surface area contributed by atoms with Crippen molar-refractivity contribution in [3.8, 4) is 0 Å². The van der Waals surface area contributed by atoms with E-state index in [-0.39, 0.29) is 6.04 Å². The fourth-order valence-corrected chi connectivity index (χ4v) is 1.53. The molecule has 0 unspecified atom stereocenters. The Morgan fingerprint density at radius 1 is 1.56 bits per heavy atom. The molecule has 9 heavy (non-hydrogen) atoms. The molecular formula is C7H11NS. The largest absolute Gasteiger partial charge is 0.324 e. The van der Waals surface area contributed by atoms with Crippen molar-refractivity contribution in [3.05, 3.63) is 21.9 Å². The molecule has 1 nitrogen and oxygen atoms in total. The van der Waals surface area contributed by atoms with Crippen molar-refractivity contribution in [1.29, 1.82) is 0 Å². The molecule has 0 aliphatic carbocycles. The first-order valence-electron chi connectivity index (χ1n) is 3.02. The van der Waals surface area contributed by atoms with Crippen molar-refractivity contribution >= 4 is 11.3 Å². The van der Waals surface area contributed by atoms with Crippen LogP contribution in [0.3, 0.4) is 0 Å². The summed E-state index contributed by atoms with van der Waals surface area (Å²) in [4.78, 5) is 2.61. The lowest BCUT2D eigenvalue weighted by Gasteiger charge is -1.97. The van der Waals surface area contributed by atoms with E-state index < -0.39 is 0 Å². The van der Waals surface area contributed by atoms with Crippen LogP contribution in [0.4, 0.5) is 0 Å². The summed E-state index contributed by atoms with van der Waals surface area (Å²) in [5.41, 5.74) is 5.64. The maximum atomic E-state index is 5.64. The Bertz CT molecular complexity index is 191. The van der Waals surface area contributed by atoms with Crippen LogP contribution in [-0.4, -0.2) is 0 Å². The van der Waals surface area contributed by atoms with E-state index in [0.29, 0.717) is 0 Å². The van der Waals surface area contributed by atoms with Crippen molar-refractivity contribution in [3.63, 3.8) is 0 Å². The van der Waals surface area contributed by atoms with Crippen LogP contribution in [0.5, 0.6) is 0 Å². The molecule has 0 saturated carbocycles. The normalized spacial score (nSPS) is 13.7. The van der Waals surface area contributed by atoms with Crippen molar-refractivity contribution in [1.82, 2.24) is 0 Å². The summed E-state index contributed by atoms with van der Waals surface area (Å²) in [6, 6.07) is 4.39. The quantitative estimate of drug-likeness (QED) is 0.636. The average Bonchev–Trinajstić information content (AvgIpc) is 2.14. The second-order valence-corrected chi connectivity index (χ2v) is 3.56. The number of nitrogens with two attached hydrogens (primary N) is 1. The summed E-state index contributed by atoms with van der Waals surface area (Å²) in [7, 11) is 0. The van der Waals surface area contributed by atoms with E-state index in [2.05, 4.69) is 19.1 Å². The van der Waals surface area contributed by atoms with Crippen LogP contribution < -0.4 is 5.73 Å². The molecule has 0 radical (unpaired) electrons. The Balaban J connectivity index is 2.85. The zero-order valence-electron chi connectivity index (χ0n) is 5.72. The lowest BCUT2D eigenvalue weighted by Crippen LogP contribution is -2.01. The van der Waals surface area contributed by atoms with Gasteiger partial charge in [-0.25, -0.2) is 0 Å². The van der Waals surface area contributed by atoms with Gasteiger partial charge in [-0.05, 0) is 26.0 Å². The van der Waals surface area contributed by atoms with Crippen LogP contribution in [-0.2, 0) is 0 Å². The van der Waals surface area contributed by atoms with E-state index in [0.717, 1.165) is 0 Å². The average molecular weight is 141 g/mol. The van der Waals surface area contributed by atoms with Gasteiger partial charge in [0.25, 0.3) is 0 Å². The standard InChI is InChI=1S/C7H11NS/c1-5-3-4-7(9-5)6(2)8/h3-4,6H,8H2,1-2H3/t6-/m0/s1. The Labute approximate surface area is 59.5 Å². The van der Waals surface area contributed by atoms with Crippen molar-refractivity contribution < 1.29 is 0 Å². The van der Waals surface area contributed by atoms with Gasteiger partial charge in [-0.15, -0.1) is 11.3 Å². The number of hydrogen-bond donors (Lipinski definition) is 1. The SMILES string of the molecule is Cc1ccc([C@H](C)N)s1. The molecule has 0 fully saturated rings. The number of rotatable bonds is 1. The summed E-state index contributed by atoms with van der Waals surface area (Å²) < 4.78 is 0. The third kappa shape index (κ3) is 1.53. The summed E-state index contributed by atoms with van der Waals surface area (Å²) >= 11 is 1.77. The van der Waals surface area contributed by atoms with Crippen LogP contribution in [0.1, 0.15) is 22.7 Å². The smallest absolute Gasteiger partial charge is 0.0361 e. The molecule has 50 valence electrons. The first-order chi connectivity index (χ1) is 4.20. The first-order valence-corrected chi connectivity index (χ1v) is 3.83. The van der Waals surface area contributed by atoms with Gasteiger partial charge in [-0.2, -0.15) is 0 Å². The maximum Gasteiger partial charge on any atom is 0.0361 e. The Kier molecular flexibility index (Phi) is 1.88. The molecule has 2 N–H and O–H groups in total. The highest BCUT2D eigenvalue weighted by Gasteiger charge is 1.99. The van der Waals surface area contributed by atoms with Gasteiger partial charge in [0.15, 0.2) is 0 Å². The van der Waals surface area contributed by atoms with Gasteiger partial charge in [0.05, 0.1) is 0 Å². The summed E-state index contributed by atoms with van der Waals surface area (Å²) in [6.07, 6.45) is 0. The Hall–Kier alpha value is -0.340. The predicted octanol–water partition coefficient (Wildman–Crippen LogP) is 2.08. The van der Waals surface area contributed by atoms with Gasteiger partial charge < -0.3 is 5.73 Å². The van der Waals surface area contributed by atoms with Gasteiger partial charge in [-0.1, -0.05) is 0 Å². The molecule has 0 spiro atoms. The molecule has 1 atom stereocenters. The van der Waals surface area contributed by atoms with Crippen LogP contribution in [0.15, 0.2) is 12.1 Å². The highest BCUT2D eigenvalue weighted by Crippen LogP contribution is 2.19. The molecule has 0 amide bonds. The summed E-state index contributed by atoms with van der Waals surface area (Å²) in [6.45, 7) is 4.10.